The first-order chi connectivity index (χ1) is 7.29. The van der Waals surface area contributed by atoms with Crippen molar-refractivity contribution in [3.63, 3.8) is 0 Å². The van der Waals surface area contributed by atoms with Crippen LogP contribution in [0.2, 0.25) is 0 Å². The maximum Gasteiger partial charge on any atom is 0.303 e. The minimum absolute atomic E-state index is 0.0391. The molecule has 0 aromatic carbocycles. The number of hydrogen-bond acceptors (Lipinski definition) is 2. The fourth-order valence-electron chi connectivity index (χ4n) is 1.14. The summed E-state index contributed by atoms with van der Waals surface area (Å²) in [7, 11) is 0. The van der Waals surface area contributed by atoms with Gasteiger partial charge in [-0.05, 0) is 18.8 Å². The molecule has 4 heteroatoms. The van der Waals surface area contributed by atoms with E-state index in [-0.39, 0.29) is 23.7 Å². The molecule has 0 aliphatic rings. The van der Waals surface area contributed by atoms with Crippen molar-refractivity contribution in [2.45, 2.75) is 47.0 Å². The molecule has 16 heavy (non-hydrogen) atoms. The molecule has 0 aliphatic heterocycles. The summed E-state index contributed by atoms with van der Waals surface area (Å²) in [5.41, 5.74) is -0.341. The van der Waals surface area contributed by atoms with Crippen LogP contribution in [0.25, 0.3) is 0 Å². The number of amides is 1. The highest BCUT2D eigenvalue weighted by Crippen LogP contribution is 2.19. The van der Waals surface area contributed by atoms with Gasteiger partial charge in [-0.3, -0.25) is 9.59 Å². The predicted octanol–water partition coefficient (Wildman–Crippen LogP) is 2.04. The number of aliphatic carboxylic acids is 1. The van der Waals surface area contributed by atoms with Crippen LogP contribution >= 0.6 is 0 Å². The standard InChI is InChI=1S/C12H23NO3/c1-5-12(3,4)11(16)13-8-9(2)6-7-10(14)15/h9H,5-8H2,1-4H3,(H,13,16)(H,14,15). The van der Waals surface area contributed by atoms with Crippen LogP contribution in [0.15, 0.2) is 0 Å². The third kappa shape index (κ3) is 5.73. The average molecular weight is 229 g/mol. The summed E-state index contributed by atoms with van der Waals surface area (Å²) in [5, 5.41) is 11.4. The fourth-order valence-corrected chi connectivity index (χ4v) is 1.14. The lowest BCUT2D eigenvalue weighted by Gasteiger charge is -2.22. The number of carboxylic acid groups (broad SMARTS) is 1. The number of carbonyl (C=O) groups excluding carboxylic acids is 1. The average Bonchev–Trinajstić information content (AvgIpc) is 2.22. The Morgan fingerprint density at radius 3 is 2.38 bits per heavy atom. The van der Waals surface area contributed by atoms with Gasteiger partial charge in [-0.2, -0.15) is 0 Å². The lowest BCUT2D eigenvalue weighted by atomic mass is 9.89. The van der Waals surface area contributed by atoms with Crippen LogP contribution in [0.3, 0.4) is 0 Å². The monoisotopic (exact) mass is 229 g/mol. The van der Waals surface area contributed by atoms with Crippen molar-refractivity contribution in [3.05, 3.63) is 0 Å². The molecule has 94 valence electrons. The summed E-state index contributed by atoms with van der Waals surface area (Å²) in [6, 6.07) is 0. The summed E-state index contributed by atoms with van der Waals surface area (Å²) < 4.78 is 0. The fraction of sp³-hybridized carbons (Fsp3) is 0.833. The van der Waals surface area contributed by atoms with Crippen molar-refractivity contribution in [1.29, 1.82) is 0 Å². The van der Waals surface area contributed by atoms with Crippen molar-refractivity contribution >= 4 is 11.9 Å². The van der Waals surface area contributed by atoms with E-state index < -0.39 is 5.97 Å². The quantitative estimate of drug-likeness (QED) is 0.702. The van der Waals surface area contributed by atoms with E-state index in [1.807, 2.05) is 27.7 Å². The molecule has 0 heterocycles. The molecular weight excluding hydrogens is 206 g/mol. The molecule has 0 aromatic rings. The molecule has 1 atom stereocenters. The molecule has 2 N–H and O–H groups in total. The Kier molecular flexibility index (Phi) is 6.08. The Morgan fingerprint density at radius 2 is 1.94 bits per heavy atom. The van der Waals surface area contributed by atoms with Gasteiger partial charge in [-0.1, -0.05) is 27.7 Å². The van der Waals surface area contributed by atoms with Crippen molar-refractivity contribution in [2.24, 2.45) is 11.3 Å². The minimum Gasteiger partial charge on any atom is -0.481 e. The van der Waals surface area contributed by atoms with Crippen molar-refractivity contribution in [2.75, 3.05) is 6.54 Å². The maximum atomic E-state index is 11.7. The van der Waals surface area contributed by atoms with E-state index in [2.05, 4.69) is 5.32 Å². The minimum atomic E-state index is -0.785. The molecule has 0 fully saturated rings. The first-order valence-corrected chi connectivity index (χ1v) is 5.79. The smallest absolute Gasteiger partial charge is 0.303 e. The zero-order valence-electron chi connectivity index (χ0n) is 10.7. The van der Waals surface area contributed by atoms with E-state index in [0.717, 1.165) is 6.42 Å². The zero-order valence-corrected chi connectivity index (χ0v) is 10.7. The second kappa shape index (κ2) is 6.51. The van der Waals surface area contributed by atoms with Crippen molar-refractivity contribution in [1.82, 2.24) is 5.32 Å². The Morgan fingerprint density at radius 1 is 1.38 bits per heavy atom. The molecule has 0 aliphatic carbocycles. The second-order valence-corrected chi connectivity index (χ2v) is 4.99. The largest absolute Gasteiger partial charge is 0.481 e. The highest BCUT2D eigenvalue weighted by atomic mass is 16.4. The Labute approximate surface area is 97.4 Å². The van der Waals surface area contributed by atoms with Gasteiger partial charge in [0, 0.05) is 18.4 Å². The van der Waals surface area contributed by atoms with Crippen molar-refractivity contribution in [3.8, 4) is 0 Å². The van der Waals surface area contributed by atoms with Crippen LogP contribution in [0.1, 0.15) is 47.0 Å². The first kappa shape index (κ1) is 14.9. The van der Waals surface area contributed by atoms with Crippen LogP contribution in [0.4, 0.5) is 0 Å². The molecule has 0 radical (unpaired) electrons. The van der Waals surface area contributed by atoms with E-state index in [9.17, 15) is 9.59 Å². The van der Waals surface area contributed by atoms with Gasteiger partial charge in [-0.15, -0.1) is 0 Å². The molecule has 0 saturated heterocycles. The highest BCUT2D eigenvalue weighted by Gasteiger charge is 2.25. The summed E-state index contributed by atoms with van der Waals surface area (Å²) in [5.74, 6) is -0.544. The third-order valence-electron chi connectivity index (χ3n) is 2.96. The molecule has 0 spiro atoms. The van der Waals surface area contributed by atoms with E-state index in [4.69, 9.17) is 5.11 Å². The van der Waals surface area contributed by atoms with Crippen LogP contribution in [0, 0.1) is 11.3 Å². The molecular formula is C12H23NO3. The Balaban J connectivity index is 3.88. The summed E-state index contributed by atoms with van der Waals surface area (Å²) in [6.07, 6.45) is 1.55. The normalized spacial score (nSPS) is 13.2. The van der Waals surface area contributed by atoms with E-state index in [1.54, 1.807) is 0 Å². The lowest BCUT2D eigenvalue weighted by Crippen LogP contribution is -2.38. The number of rotatable bonds is 7. The SMILES string of the molecule is CCC(C)(C)C(=O)NCC(C)CCC(=O)O. The van der Waals surface area contributed by atoms with Crippen LogP contribution in [-0.4, -0.2) is 23.5 Å². The van der Waals surface area contributed by atoms with Gasteiger partial charge in [0.25, 0.3) is 0 Å². The highest BCUT2D eigenvalue weighted by molar-refractivity contribution is 5.81. The van der Waals surface area contributed by atoms with Gasteiger partial charge in [0.05, 0.1) is 0 Å². The van der Waals surface area contributed by atoms with Crippen LogP contribution in [0.5, 0.6) is 0 Å². The molecule has 1 unspecified atom stereocenters. The lowest BCUT2D eigenvalue weighted by molar-refractivity contribution is -0.137. The van der Waals surface area contributed by atoms with Gasteiger partial charge < -0.3 is 10.4 Å². The topological polar surface area (TPSA) is 66.4 Å². The molecule has 0 saturated carbocycles. The number of nitrogens with one attached hydrogen (secondary N) is 1. The van der Waals surface area contributed by atoms with Crippen molar-refractivity contribution < 1.29 is 14.7 Å². The Bertz CT molecular complexity index is 249. The number of carbonyl (C=O) groups is 2. The molecule has 0 aromatic heterocycles. The van der Waals surface area contributed by atoms with Gasteiger partial charge >= 0.3 is 5.97 Å². The number of carboxylic acids is 1. The Hall–Kier alpha value is -1.06. The summed E-state index contributed by atoms with van der Waals surface area (Å²) in [6.45, 7) is 8.29. The summed E-state index contributed by atoms with van der Waals surface area (Å²) >= 11 is 0. The zero-order chi connectivity index (χ0) is 12.8. The number of hydrogen-bond donors (Lipinski definition) is 2. The van der Waals surface area contributed by atoms with Gasteiger partial charge in [0.15, 0.2) is 0 Å². The molecule has 0 bridgehead atoms. The van der Waals surface area contributed by atoms with E-state index in [1.165, 1.54) is 0 Å². The third-order valence-corrected chi connectivity index (χ3v) is 2.96. The van der Waals surface area contributed by atoms with Gasteiger partial charge in [0.1, 0.15) is 0 Å². The predicted molar refractivity (Wildman–Crippen MR) is 63.1 cm³/mol. The first-order valence-electron chi connectivity index (χ1n) is 5.79. The summed E-state index contributed by atoms with van der Waals surface area (Å²) in [4.78, 5) is 22.1. The van der Waals surface area contributed by atoms with E-state index >= 15 is 0 Å². The van der Waals surface area contributed by atoms with E-state index in [0.29, 0.717) is 13.0 Å². The molecule has 4 nitrogen and oxygen atoms in total. The molecule has 0 rings (SSSR count). The van der Waals surface area contributed by atoms with Crippen LogP contribution in [-0.2, 0) is 9.59 Å². The second-order valence-electron chi connectivity index (χ2n) is 4.99. The molecule has 1 amide bonds. The maximum absolute atomic E-state index is 11.7. The van der Waals surface area contributed by atoms with Gasteiger partial charge in [-0.25, -0.2) is 0 Å². The van der Waals surface area contributed by atoms with Crippen LogP contribution < -0.4 is 5.32 Å². The van der Waals surface area contributed by atoms with Gasteiger partial charge in [0.2, 0.25) is 5.91 Å².